The summed E-state index contributed by atoms with van der Waals surface area (Å²) in [7, 11) is 0. The molecule has 2 atom stereocenters. The Morgan fingerprint density at radius 2 is 2.04 bits per heavy atom. The van der Waals surface area contributed by atoms with Gasteiger partial charge in [-0.2, -0.15) is 11.8 Å². The van der Waals surface area contributed by atoms with Gasteiger partial charge in [0.1, 0.15) is 0 Å². The first-order valence-corrected chi connectivity index (χ1v) is 10.8. The van der Waals surface area contributed by atoms with Crippen molar-refractivity contribution in [3.8, 4) is 0 Å². The molecule has 5 heteroatoms. The van der Waals surface area contributed by atoms with Gasteiger partial charge in [-0.05, 0) is 50.0 Å². The fourth-order valence-electron chi connectivity index (χ4n) is 3.14. The highest BCUT2D eigenvalue weighted by atomic mass is 32.2. The molecule has 1 aliphatic carbocycles. The summed E-state index contributed by atoms with van der Waals surface area (Å²) >= 11 is 1.98. The Labute approximate surface area is 157 Å². The Balaban J connectivity index is 1.96. The predicted molar refractivity (Wildman–Crippen MR) is 109 cm³/mol. The van der Waals surface area contributed by atoms with E-state index in [1.165, 1.54) is 30.4 Å². The van der Waals surface area contributed by atoms with Crippen LogP contribution in [-0.2, 0) is 17.9 Å². The van der Waals surface area contributed by atoms with E-state index in [0.717, 1.165) is 30.8 Å². The van der Waals surface area contributed by atoms with Crippen molar-refractivity contribution in [1.29, 1.82) is 0 Å². The first kappa shape index (κ1) is 20.1. The largest absolute Gasteiger partial charge is 0.377 e. The van der Waals surface area contributed by atoms with Crippen LogP contribution < -0.4 is 10.6 Å². The molecule has 1 aromatic rings. The maximum Gasteiger partial charge on any atom is 0.191 e. The Kier molecular flexibility index (Phi) is 9.19. The minimum absolute atomic E-state index is 0.540. The zero-order chi connectivity index (χ0) is 17.9. The van der Waals surface area contributed by atoms with E-state index < -0.39 is 0 Å². The molecule has 0 spiro atoms. The van der Waals surface area contributed by atoms with Gasteiger partial charge in [-0.3, -0.25) is 0 Å². The van der Waals surface area contributed by atoms with Gasteiger partial charge in [0.15, 0.2) is 5.96 Å². The Morgan fingerprint density at radius 1 is 1.24 bits per heavy atom. The number of benzene rings is 1. The van der Waals surface area contributed by atoms with Crippen LogP contribution in [0.15, 0.2) is 29.3 Å². The van der Waals surface area contributed by atoms with Crippen LogP contribution in [0.2, 0.25) is 0 Å². The number of nitrogens with zero attached hydrogens (tertiary/aromatic N) is 1. The van der Waals surface area contributed by atoms with Crippen molar-refractivity contribution in [3.63, 3.8) is 0 Å². The van der Waals surface area contributed by atoms with E-state index in [4.69, 9.17) is 9.73 Å². The SMILES string of the molecule is CCCOCc1ccccc1CN=C(NCC)NC1CCC(SC)C1. The highest BCUT2D eigenvalue weighted by Crippen LogP contribution is 2.28. The van der Waals surface area contributed by atoms with Crippen LogP contribution in [0, 0.1) is 0 Å². The summed E-state index contributed by atoms with van der Waals surface area (Å²) in [6.07, 6.45) is 7.03. The first-order chi connectivity index (χ1) is 12.3. The number of aliphatic imine (C=N–C) groups is 1. The summed E-state index contributed by atoms with van der Waals surface area (Å²) in [5, 5.41) is 7.79. The average Bonchev–Trinajstić information content (AvgIpc) is 3.09. The molecule has 0 radical (unpaired) electrons. The summed E-state index contributed by atoms with van der Waals surface area (Å²) in [5.74, 6) is 0.929. The summed E-state index contributed by atoms with van der Waals surface area (Å²) in [6, 6.07) is 8.98. The molecule has 1 saturated carbocycles. The predicted octanol–water partition coefficient (Wildman–Crippen LogP) is 3.95. The van der Waals surface area contributed by atoms with E-state index >= 15 is 0 Å². The molecule has 2 rings (SSSR count). The zero-order valence-corrected chi connectivity index (χ0v) is 16.7. The molecule has 1 aliphatic rings. The highest BCUT2D eigenvalue weighted by Gasteiger charge is 2.24. The molecule has 140 valence electrons. The van der Waals surface area contributed by atoms with Gasteiger partial charge in [0.05, 0.1) is 13.2 Å². The lowest BCUT2D eigenvalue weighted by molar-refractivity contribution is 0.121. The molecule has 25 heavy (non-hydrogen) atoms. The van der Waals surface area contributed by atoms with Gasteiger partial charge in [0, 0.05) is 24.4 Å². The van der Waals surface area contributed by atoms with E-state index in [2.05, 4.69) is 55.0 Å². The van der Waals surface area contributed by atoms with Gasteiger partial charge in [-0.15, -0.1) is 0 Å². The highest BCUT2D eigenvalue weighted by molar-refractivity contribution is 7.99. The zero-order valence-electron chi connectivity index (χ0n) is 15.9. The summed E-state index contributed by atoms with van der Waals surface area (Å²) in [5.41, 5.74) is 2.48. The van der Waals surface area contributed by atoms with Crippen molar-refractivity contribution in [1.82, 2.24) is 10.6 Å². The average molecular weight is 364 g/mol. The molecule has 2 N–H and O–H groups in total. The Morgan fingerprint density at radius 3 is 2.72 bits per heavy atom. The van der Waals surface area contributed by atoms with Crippen molar-refractivity contribution in [2.45, 2.75) is 64.0 Å². The topological polar surface area (TPSA) is 45.6 Å². The monoisotopic (exact) mass is 363 g/mol. The summed E-state index contributed by atoms with van der Waals surface area (Å²) in [6.45, 7) is 7.28. The van der Waals surface area contributed by atoms with Crippen LogP contribution in [0.4, 0.5) is 0 Å². The summed E-state index contributed by atoms with van der Waals surface area (Å²) in [4.78, 5) is 4.82. The Bertz CT molecular complexity index is 535. The smallest absolute Gasteiger partial charge is 0.191 e. The molecular formula is C20H33N3OS. The maximum absolute atomic E-state index is 5.71. The third-order valence-corrected chi connectivity index (χ3v) is 5.63. The lowest BCUT2D eigenvalue weighted by Crippen LogP contribution is -2.42. The molecule has 0 amide bonds. The lowest BCUT2D eigenvalue weighted by atomic mass is 10.1. The van der Waals surface area contributed by atoms with Gasteiger partial charge in [-0.1, -0.05) is 31.2 Å². The van der Waals surface area contributed by atoms with Crippen molar-refractivity contribution in [3.05, 3.63) is 35.4 Å². The minimum Gasteiger partial charge on any atom is -0.377 e. The van der Waals surface area contributed by atoms with E-state index in [9.17, 15) is 0 Å². The van der Waals surface area contributed by atoms with Gasteiger partial charge < -0.3 is 15.4 Å². The molecule has 1 fully saturated rings. The standard InChI is InChI=1S/C20H33N3OS/c1-4-12-24-15-17-9-7-6-8-16(17)14-22-20(21-5-2)23-18-10-11-19(13-18)25-3/h6-9,18-19H,4-5,10-15H2,1-3H3,(H2,21,22,23). The number of hydrogen-bond donors (Lipinski definition) is 2. The third kappa shape index (κ3) is 6.90. The van der Waals surface area contributed by atoms with Gasteiger partial charge >= 0.3 is 0 Å². The first-order valence-electron chi connectivity index (χ1n) is 9.49. The van der Waals surface area contributed by atoms with Crippen molar-refractivity contribution < 1.29 is 4.74 Å². The maximum atomic E-state index is 5.71. The van der Waals surface area contributed by atoms with Crippen LogP contribution >= 0.6 is 11.8 Å². The number of rotatable bonds is 9. The third-order valence-electron chi connectivity index (χ3n) is 4.53. The number of thioether (sulfide) groups is 1. The van der Waals surface area contributed by atoms with Crippen LogP contribution in [0.25, 0.3) is 0 Å². The molecule has 2 unspecified atom stereocenters. The molecule has 0 bridgehead atoms. The van der Waals surface area contributed by atoms with E-state index in [0.29, 0.717) is 19.2 Å². The molecule has 1 aromatic carbocycles. The molecule has 0 heterocycles. The normalized spacial score (nSPS) is 20.7. The van der Waals surface area contributed by atoms with Crippen LogP contribution in [0.5, 0.6) is 0 Å². The molecule has 4 nitrogen and oxygen atoms in total. The second-order valence-corrected chi connectivity index (χ2v) is 7.67. The van der Waals surface area contributed by atoms with E-state index in [1.54, 1.807) is 0 Å². The Hall–Kier alpha value is -1.20. The van der Waals surface area contributed by atoms with Crippen molar-refractivity contribution in [2.75, 3.05) is 19.4 Å². The van der Waals surface area contributed by atoms with E-state index in [-0.39, 0.29) is 0 Å². The molecule has 0 aromatic heterocycles. The quantitative estimate of drug-likeness (QED) is 0.396. The van der Waals surface area contributed by atoms with Crippen molar-refractivity contribution in [2.24, 2.45) is 4.99 Å². The molecule has 0 saturated heterocycles. The van der Waals surface area contributed by atoms with Gasteiger partial charge in [0.2, 0.25) is 0 Å². The lowest BCUT2D eigenvalue weighted by Gasteiger charge is -2.17. The molecule has 0 aliphatic heterocycles. The summed E-state index contributed by atoms with van der Waals surface area (Å²) < 4.78 is 5.71. The number of nitrogens with one attached hydrogen (secondary N) is 2. The van der Waals surface area contributed by atoms with Crippen LogP contribution in [0.1, 0.15) is 50.7 Å². The second kappa shape index (κ2) is 11.4. The molecular weight excluding hydrogens is 330 g/mol. The van der Waals surface area contributed by atoms with E-state index in [1.807, 2.05) is 11.8 Å². The van der Waals surface area contributed by atoms with Crippen LogP contribution in [0.3, 0.4) is 0 Å². The van der Waals surface area contributed by atoms with Gasteiger partial charge in [0.25, 0.3) is 0 Å². The number of guanidine groups is 1. The number of ether oxygens (including phenoxy) is 1. The fourth-order valence-corrected chi connectivity index (χ4v) is 3.94. The van der Waals surface area contributed by atoms with Gasteiger partial charge in [-0.25, -0.2) is 4.99 Å². The minimum atomic E-state index is 0.540. The second-order valence-electron chi connectivity index (χ2n) is 6.53. The number of hydrogen-bond acceptors (Lipinski definition) is 3. The van der Waals surface area contributed by atoms with Crippen molar-refractivity contribution >= 4 is 17.7 Å². The van der Waals surface area contributed by atoms with Crippen LogP contribution in [-0.4, -0.2) is 36.7 Å². The fraction of sp³-hybridized carbons (Fsp3) is 0.650.